The lowest BCUT2D eigenvalue weighted by Gasteiger charge is -2.26. The fourth-order valence-electron chi connectivity index (χ4n) is 8.95. The number of benzene rings is 9. The van der Waals surface area contributed by atoms with E-state index < -0.39 is 0 Å². The van der Waals surface area contributed by atoms with Crippen LogP contribution in [-0.4, -0.2) is 0 Å². The molecular formula is C52H46. The van der Waals surface area contributed by atoms with Crippen LogP contribution >= 0.6 is 0 Å². The van der Waals surface area contributed by atoms with Gasteiger partial charge in [0.15, 0.2) is 0 Å². The molecule has 0 heteroatoms. The van der Waals surface area contributed by atoms with E-state index in [1.54, 1.807) is 0 Å². The van der Waals surface area contributed by atoms with Gasteiger partial charge in [0.05, 0.1) is 0 Å². The van der Waals surface area contributed by atoms with Crippen molar-refractivity contribution >= 4 is 53.9 Å². The van der Waals surface area contributed by atoms with Gasteiger partial charge in [0.25, 0.3) is 0 Å². The molecule has 0 saturated heterocycles. The monoisotopic (exact) mass is 670 g/mol. The Bertz CT molecular complexity index is 2760. The van der Waals surface area contributed by atoms with Crippen LogP contribution in [0.5, 0.6) is 0 Å². The topological polar surface area (TPSA) is 0 Å². The van der Waals surface area contributed by atoms with E-state index >= 15 is 0 Å². The maximum Gasteiger partial charge on any atom is 0.0171 e. The van der Waals surface area contributed by atoms with Crippen molar-refractivity contribution in [1.82, 2.24) is 0 Å². The minimum absolute atomic E-state index is 0.159. The Hall–Kier alpha value is -5.72. The van der Waals surface area contributed by atoms with E-state index in [0.717, 1.165) is 6.42 Å². The van der Waals surface area contributed by atoms with E-state index in [0.29, 0.717) is 0 Å². The quantitative estimate of drug-likeness (QED) is 0.130. The Morgan fingerprint density at radius 1 is 0.462 bits per heavy atom. The van der Waals surface area contributed by atoms with Crippen molar-refractivity contribution in [3.8, 4) is 33.4 Å². The van der Waals surface area contributed by atoms with Gasteiger partial charge in [0, 0.05) is 5.41 Å². The Labute approximate surface area is 308 Å². The summed E-state index contributed by atoms with van der Waals surface area (Å²) in [4.78, 5) is 0. The lowest BCUT2D eigenvalue weighted by molar-refractivity contribution is 0.668. The van der Waals surface area contributed by atoms with Crippen LogP contribution in [0, 0.1) is 0 Å². The summed E-state index contributed by atoms with van der Waals surface area (Å²) in [6.45, 7) is 13.0. The molecule has 0 spiro atoms. The highest BCUT2D eigenvalue weighted by Crippen LogP contribution is 2.57. The molecular weight excluding hydrogens is 625 g/mol. The third-order valence-electron chi connectivity index (χ3n) is 11.0. The molecule has 0 radical (unpaired) electrons. The molecule has 0 aromatic heterocycles. The average Bonchev–Trinajstić information content (AvgIpc) is 3.45. The predicted octanol–water partition coefficient (Wildman–Crippen LogP) is 15.5. The van der Waals surface area contributed by atoms with Crippen LogP contribution in [0.3, 0.4) is 0 Å². The van der Waals surface area contributed by atoms with Gasteiger partial charge in [-0.2, -0.15) is 0 Å². The van der Waals surface area contributed by atoms with E-state index in [4.69, 9.17) is 0 Å². The zero-order valence-corrected chi connectivity index (χ0v) is 31.2. The molecule has 10 rings (SSSR count). The molecule has 0 bridgehead atoms. The molecule has 0 amide bonds. The fraction of sp³-hybridized carbons (Fsp3) is 0.154. The van der Waals surface area contributed by atoms with Crippen molar-refractivity contribution in [1.29, 1.82) is 0 Å². The molecule has 52 heavy (non-hydrogen) atoms. The molecule has 9 aromatic rings. The normalized spacial score (nSPS) is 13.0. The summed E-state index contributed by atoms with van der Waals surface area (Å²) in [6, 6.07) is 54.5. The van der Waals surface area contributed by atoms with E-state index in [-0.39, 0.29) is 5.41 Å². The smallest absolute Gasteiger partial charge is 0.0171 e. The lowest BCUT2D eigenvalue weighted by Crippen LogP contribution is -2.17. The van der Waals surface area contributed by atoms with Gasteiger partial charge in [-0.1, -0.05) is 186 Å². The van der Waals surface area contributed by atoms with Gasteiger partial charge in [-0.25, -0.2) is 0 Å². The molecule has 1 aliphatic rings. The Morgan fingerprint density at radius 3 is 1.67 bits per heavy atom. The number of allylic oxidation sites excluding steroid dienone is 2. The summed E-state index contributed by atoms with van der Waals surface area (Å²) in [5.74, 6) is 0. The summed E-state index contributed by atoms with van der Waals surface area (Å²) in [5, 5.41) is 13.3. The standard InChI is InChI=1S/C45H30.C5H10.C2H6/c1-45(2)43-33(18-9-19-39(43)42-36-16-5-3-14-34(36)35-15-4-6-17-38(35)44(42)45)31-13-8-12-30(26-31)32-24-22-29-21-20-27-10-7-11-28-23-25-37(32)41(29)40(27)28;1-3-5-4-2;1-2/h3-26H,1-2H3;3,5H,4H2,1-2H3;1-2H3/b;5-3-;. The largest absolute Gasteiger partial charge is 0.0917 e. The van der Waals surface area contributed by atoms with Crippen LogP contribution in [0.4, 0.5) is 0 Å². The third kappa shape index (κ3) is 5.12. The zero-order valence-electron chi connectivity index (χ0n) is 31.2. The molecule has 254 valence electrons. The highest BCUT2D eigenvalue weighted by atomic mass is 14.4. The second-order valence-corrected chi connectivity index (χ2v) is 14.2. The first-order valence-electron chi connectivity index (χ1n) is 19.0. The van der Waals surface area contributed by atoms with Crippen molar-refractivity contribution in [2.75, 3.05) is 0 Å². The first kappa shape index (κ1) is 33.4. The molecule has 0 fully saturated rings. The first-order valence-corrected chi connectivity index (χ1v) is 19.0. The zero-order chi connectivity index (χ0) is 36.0. The fourth-order valence-corrected chi connectivity index (χ4v) is 8.95. The summed E-state index contributed by atoms with van der Waals surface area (Å²) >= 11 is 0. The van der Waals surface area contributed by atoms with E-state index in [1.807, 2.05) is 20.8 Å². The van der Waals surface area contributed by atoms with Gasteiger partial charge in [0.2, 0.25) is 0 Å². The molecule has 0 unspecified atom stereocenters. The molecule has 0 N–H and O–H groups in total. The van der Waals surface area contributed by atoms with E-state index in [1.165, 1.54) is 98.4 Å². The minimum atomic E-state index is -0.159. The third-order valence-corrected chi connectivity index (χ3v) is 11.0. The molecule has 0 atom stereocenters. The molecule has 0 heterocycles. The maximum atomic E-state index is 2.42. The van der Waals surface area contributed by atoms with Crippen molar-refractivity contribution in [2.24, 2.45) is 0 Å². The number of hydrogen-bond acceptors (Lipinski definition) is 0. The molecule has 0 aliphatic heterocycles. The van der Waals surface area contributed by atoms with Crippen LogP contribution in [0.1, 0.15) is 59.1 Å². The van der Waals surface area contributed by atoms with Crippen molar-refractivity contribution in [3.63, 3.8) is 0 Å². The van der Waals surface area contributed by atoms with Gasteiger partial charge in [-0.3, -0.25) is 0 Å². The highest BCUT2D eigenvalue weighted by Gasteiger charge is 2.40. The van der Waals surface area contributed by atoms with Crippen LogP contribution in [-0.2, 0) is 5.41 Å². The van der Waals surface area contributed by atoms with Gasteiger partial charge in [0.1, 0.15) is 0 Å². The summed E-state index contributed by atoms with van der Waals surface area (Å²) < 4.78 is 0. The molecule has 1 aliphatic carbocycles. The number of fused-ring (bicyclic) bond motifs is 8. The minimum Gasteiger partial charge on any atom is -0.0917 e. The van der Waals surface area contributed by atoms with E-state index in [9.17, 15) is 0 Å². The predicted molar refractivity (Wildman–Crippen MR) is 230 cm³/mol. The Balaban J connectivity index is 0.000000513. The van der Waals surface area contributed by atoms with Crippen LogP contribution in [0.15, 0.2) is 158 Å². The van der Waals surface area contributed by atoms with Crippen LogP contribution in [0.25, 0.3) is 87.2 Å². The first-order chi connectivity index (χ1) is 25.5. The molecule has 9 aromatic carbocycles. The summed E-state index contributed by atoms with van der Waals surface area (Å²) in [7, 11) is 0. The van der Waals surface area contributed by atoms with Gasteiger partial charge >= 0.3 is 0 Å². The maximum absolute atomic E-state index is 2.42. The van der Waals surface area contributed by atoms with Crippen LogP contribution in [0.2, 0.25) is 0 Å². The Kier molecular flexibility index (Phi) is 8.64. The van der Waals surface area contributed by atoms with Gasteiger partial charge in [-0.15, -0.1) is 0 Å². The molecule has 0 nitrogen and oxygen atoms in total. The highest BCUT2D eigenvalue weighted by molar-refractivity contribution is 6.25. The van der Waals surface area contributed by atoms with Gasteiger partial charge < -0.3 is 0 Å². The Morgan fingerprint density at radius 2 is 1.00 bits per heavy atom. The number of rotatable bonds is 3. The van der Waals surface area contributed by atoms with Crippen molar-refractivity contribution in [3.05, 3.63) is 169 Å². The van der Waals surface area contributed by atoms with Crippen molar-refractivity contribution < 1.29 is 0 Å². The second kappa shape index (κ2) is 13.4. The lowest BCUT2D eigenvalue weighted by atomic mass is 9.76. The number of hydrogen-bond donors (Lipinski definition) is 0. The van der Waals surface area contributed by atoms with Gasteiger partial charge in [-0.05, 0) is 118 Å². The SMILES string of the molecule is C/C=C\CC.CC.CC1(C)c2c(-c3cccc(-c4ccc5ccc6cccc7ccc4c5c67)c3)cccc2-c2c1c1ccccc1c1ccccc21. The van der Waals surface area contributed by atoms with Crippen molar-refractivity contribution in [2.45, 2.75) is 53.4 Å². The summed E-state index contributed by atoms with van der Waals surface area (Å²) in [6.07, 6.45) is 5.34. The molecule has 0 saturated carbocycles. The van der Waals surface area contributed by atoms with Crippen LogP contribution < -0.4 is 0 Å². The summed E-state index contributed by atoms with van der Waals surface area (Å²) in [5.41, 5.74) is 10.6. The average molecular weight is 671 g/mol. The second-order valence-electron chi connectivity index (χ2n) is 14.2. The van der Waals surface area contributed by atoms with E-state index in [2.05, 4.69) is 179 Å².